The third-order valence-electron chi connectivity index (χ3n) is 2.11. The number of piperidine rings is 1. The molecule has 0 aromatic carbocycles. The van der Waals surface area contributed by atoms with E-state index in [2.05, 4.69) is 5.32 Å². The summed E-state index contributed by atoms with van der Waals surface area (Å²) in [5, 5.41) is 13.0. The van der Waals surface area contributed by atoms with E-state index in [0.29, 0.717) is 13.2 Å². The maximum Gasteiger partial charge on any atom is 0.0904 e. The summed E-state index contributed by atoms with van der Waals surface area (Å²) in [6.45, 7) is 4.94. The van der Waals surface area contributed by atoms with E-state index in [9.17, 15) is 5.11 Å². The Bertz CT molecular complexity index is 111. The van der Waals surface area contributed by atoms with E-state index in [1.807, 2.05) is 6.92 Å². The predicted molar refractivity (Wildman–Crippen MR) is 43.5 cm³/mol. The highest BCUT2D eigenvalue weighted by Crippen LogP contribution is 2.17. The van der Waals surface area contributed by atoms with Crippen LogP contribution in [0.2, 0.25) is 0 Å². The van der Waals surface area contributed by atoms with Gasteiger partial charge in [0.25, 0.3) is 0 Å². The fourth-order valence-electron chi connectivity index (χ4n) is 1.33. The number of hydrogen-bond donors (Lipinski definition) is 2. The zero-order valence-corrected chi connectivity index (χ0v) is 7.10. The van der Waals surface area contributed by atoms with E-state index in [1.54, 1.807) is 0 Å². The van der Waals surface area contributed by atoms with Crippen LogP contribution in [0.15, 0.2) is 0 Å². The number of aliphatic hydroxyl groups is 1. The second-order valence-corrected chi connectivity index (χ2v) is 3.11. The maximum absolute atomic E-state index is 9.84. The Morgan fingerprint density at radius 2 is 2.09 bits per heavy atom. The summed E-state index contributed by atoms with van der Waals surface area (Å²) in [4.78, 5) is 0. The molecule has 0 amide bonds. The molecule has 11 heavy (non-hydrogen) atoms. The summed E-state index contributed by atoms with van der Waals surface area (Å²) in [6, 6.07) is 0. The van der Waals surface area contributed by atoms with E-state index < -0.39 is 5.60 Å². The van der Waals surface area contributed by atoms with Crippen LogP contribution in [0.5, 0.6) is 0 Å². The number of nitrogens with one attached hydrogen (secondary N) is 1. The van der Waals surface area contributed by atoms with Gasteiger partial charge in [-0.1, -0.05) is 0 Å². The molecule has 1 heterocycles. The molecular weight excluding hydrogens is 142 g/mol. The molecule has 0 saturated carbocycles. The van der Waals surface area contributed by atoms with Gasteiger partial charge in [-0.15, -0.1) is 0 Å². The highest BCUT2D eigenvalue weighted by Gasteiger charge is 2.28. The lowest BCUT2D eigenvalue weighted by Crippen LogP contribution is -2.45. The van der Waals surface area contributed by atoms with Crippen molar-refractivity contribution in [3.05, 3.63) is 0 Å². The van der Waals surface area contributed by atoms with Gasteiger partial charge in [-0.05, 0) is 32.9 Å². The predicted octanol–water partition coefficient (Wildman–Crippen LogP) is 0.137. The molecule has 66 valence electrons. The molecule has 0 atom stereocenters. The smallest absolute Gasteiger partial charge is 0.0904 e. The van der Waals surface area contributed by atoms with Gasteiger partial charge in [0.1, 0.15) is 0 Å². The zero-order chi connectivity index (χ0) is 8.16. The topological polar surface area (TPSA) is 41.5 Å². The zero-order valence-electron chi connectivity index (χ0n) is 7.10. The number of rotatable bonds is 3. The standard InChI is InChI=1S/C8H17NO2/c1-2-11-7-8(10)3-5-9-6-4-8/h9-10H,2-7H2,1H3. The summed E-state index contributed by atoms with van der Waals surface area (Å²) < 4.78 is 5.20. The van der Waals surface area contributed by atoms with Crippen LogP contribution < -0.4 is 5.32 Å². The largest absolute Gasteiger partial charge is 0.387 e. The molecule has 0 radical (unpaired) electrons. The van der Waals surface area contributed by atoms with Crippen molar-refractivity contribution in [3.63, 3.8) is 0 Å². The quantitative estimate of drug-likeness (QED) is 0.615. The van der Waals surface area contributed by atoms with E-state index in [1.165, 1.54) is 0 Å². The fourth-order valence-corrected chi connectivity index (χ4v) is 1.33. The monoisotopic (exact) mass is 159 g/mol. The Labute approximate surface area is 67.7 Å². The van der Waals surface area contributed by atoms with Crippen LogP contribution >= 0.6 is 0 Å². The van der Waals surface area contributed by atoms with Crippen molar-refractivity contribution in [1.29, 1.82) is 0 Å². The van der Waals surface area contributed by atoms with Crippen LogP contribution in [-0.2, 0) is 4.74 Å². The van der Waals surface area contributed by atoms with Crippen molar-refractivity contribution < 1.29 is 9.84 Å². The molecule has 0 bridgehead atoms. The van der Waals surface area contributed by atoms with Gasteiger partial charge in [-0.25, -0.2) is 0 Å². The molecule has 0 spiro atoms. The average molecular weight is 159 g/mol. The van der Waals surface area contributed by atoms with E-state index >= 15 is 0 Å². The van der Waals surface area contributed by atoms with Crippen LogP contribution in [0.25, 0.3) is 0 Å². The summed E-state index contributed by atoms with van der Waals surface area (Å²) in [7, 11) is 0. The first-order chi connectivity index (χ1) is 5.27. The normalized spacial score (nSPS) is 23.5. The SMILES string of the molecule is CCOCC1(O)CCNCC1. The summed E-state index contributed by atoms with van der Waals surface area (Å²) in [5.74, 6) is 0. The Morgan fingerprint density at radius 3 is 2.64 bits per heavy atom. The molecule has 1 aliphatic heterocycles. The molecule has 0 aliphatic carbocycles. The first-order valence-corrected chi connectivity index (χ1v) is 4.28. The lowest BCUT2D eigenvalue weighted by molar-refractivity contribution is -0.0614. The lowest BCUT2D eigenvalue weighted by atomic mass is 9.94. The van der Waals surface area contributed by atoms with Crippen molar-refractivity contribution in [1.82, 2.24) is 5.32 Å². The first-order valence-electron chi connectivity index (χ1n) is 4.28. The molecule has 2 N–H and O–H groups in total. The van der Waals surface area contributed by atoms with Crippen molar-refractivity contribution in [2.75, 3.05) is 26.3 Å². The highest BCUT2D eigenvalue weighted by atomic mass is 16.5. The summed E-state index contributed by atoms with van der Waals surface area (Å²) in [5.41, 5.74) is -0.554. The lowest BCUT2D eigenvalue weighted by Gasteiger charge is -2.31. The van der Waals surface area contributed by atoms with Gasteiger partial charge in [0.2, 0.25) is 0 Å². The number of hydrogen-bond acceptors (Lipinski definition) is 3. The average Bonchev–Trinajstić information content (AvgIpc) is 2.03. The van der Waals surface area contributed by atoms with E-state index in [0.717, 1.165) is 25.9 Å². The van der Waals surface area contributed by atoms with Crippen LogP contribution in [0.1, 0.15) is 19.8 Å². The van der Waals surface area contributed by atoms with E-state index in [-0.39, 0.29) is 0 Å². The molecule has 3 heteroatoms. The third kappa shape index (κ3) is 2.77. The molecule has 0 unspecified atom stereocenters. The Kier molecular flexibility index (Phi) is 3.30. The molecule has 1 saturated heterocycles. The minimum absolute atomic E-state index is 0.491. The Morgan fingerprint density at radius 1 is 1.45 bits per heavy atom. The van der Waals surface area contributed by atoms with Gasteiger partial charge >= 0.3 is 0 Å². The number of ether oxygens (including phenoxy) is 1. The minimum atomic E-state index is -0.554. The van der Waals surface area contributed by atoms with Gasteiger partial charge in [-0.3, -0.25) is 0 Å². The van der Waals surface area contributed by atoms with Gasteiger partial charge in [-0.2, -0.15) is 0 Å². The first kappa shape index (κ1) is 8.97. The van der Waals surface area contributed by atoms with Crippen molar-refractivity contribution >= 4 is 0 Å². The molecule has 1 rings (SSSR count). The minimum Gasteiger partial charge on any atom is -0.387 e. The highest BCUT2D eigenvalue weighted by molar-refractivity contribution is 4.83. The second-order valence-electron chi connectivity index (χ2n) is 3.11. The maximum atomic E-state index is 9.84. The molecule has 0 aromatic heterocycles. The van der Waals surface area contributed by atoms with Crippen LogP contribution in [-0.4, -0.2) is 37.0 Å². The fraction of sp³-hybridized carbons (Fsp3) is 1.00. The van der Waals surface area contributed by atoms with Gasteiger partial charge in [0.05, 0.1) is 12.2 Å². The Balaban J connectivity index is 2.25. The van der Waals surface area contributed by atoms with E-state index in [4.69, 9.17) is 4.74 Å². The van der Waals surface area contributed by atoms with Crippen LogP contribution in [0.4, 0.5) is 0 Å². The molecule has 0 aromatic rings. The third-order valence-corrected chi connectivity index (χ3v) is 2.11. The second kappa shape index (κ2) is 4.04. The van der Waals surface area contributed by atoms with Gasteiger partial charge < -0.3 is 15.2 Å². The van der Waals surface area contributed by atoms with Crippen molar-refractivity contribution in [2.45, 2.75) is 25.4 Å². The van der Waals surface area contributed by atoms with Crippen LogP contribution in [0.3, 0.4) is 0 Å². The Hall–Kier alpha value is -0.120. The van der Waals surface area contributed by atoms with Crippen molar-refractivity contribution in [3.8, 4) is 0 Å². The van der Waals surface area contributed by atoms with Crippen molar-refractivity contribution in [2.24, 2.45) is 0 Å². The molecule has 3 nitrogen and oxygen atoms in total. The molecular formula is C8H17NO2. The molecule has 1 aliphatic rings. The summed E-state index contributed by atoms with van der Waals surface area (Å²) >= 11 is 0. The summed E-state index contributed by atoms with van der Waals surface area (Å²) in [6.07, 6.45) is 1.62. The van der Waals surface area contributed by atoms with Crippen LogP contribution in [0, 0.1) is 0 Å². The van der Waals surface area contributed by atoms with Gasteiger partial charge in [0, 0.05) is 6.61 Å². The van der Waals surface area contributed by atoms with Gasteiger partial charge in [0.15, 0.2) is 0 Å². The molecule has 1 fully saturated rings.